The molecule has 0 aliphatic carbocycles. The Morgan fingerprint density at radius 1 is 1.12 bits per heavy atom. The molecule has 2 rings (SSSR count). The number of nitrogens with one attached hydrogen (secondary N) is 3. The number of halogens is 1. The van der Waals surface area contributed by atoms with Crippen LogP contribution in [0.3, 0.4) is 0 Å². The Balaban J connectivity index is 1.93. The van der Waals surface area contributed by atoms with Crippen LogP contribution in [-0.4, -0.2) is 17.8 Å². The summed E-state index contributed by atoms with van der Waals surface area (Å²) in [6, 6.07) is 7.52. The van der Waals surface area contributed by atoms with Crippen molar-refractivity contribution in [2.24, 2.45) is 5.73 Å². The summed E-state index contributed by atoms with van der Waals surface area (Å²) < 4.78 is 13.5. The summed E-state index contributed by atoms with van der Waals surface area (Å²) in [5.74, 6) is -2.04. The van der Waals surface area contributed by atoms with Gasteiger partial charge in [0.25, 0.3) is 5.91 Å². The van der Waals surface area contributed by atoms with E-state index in [-0.39, 0.29) is 12.0 Å². The summed E-state index contributed by atoms with van der Waals surface area (Å²) in [5.41, 5.74) is 9.22. The molecule has 126 valence electrons. The number of rotatable bonds is 5. The minimum absolute atomic E-state index is 0.138. The van der Waals surface area contributed by atoms with Gasteiger partial charge in [-0.15, -0.1) is 11.3 Å². The van der Waals surface area contributed by atoms with Crippen molar-refractivity contribution >= 4 is 29.2 Å². The maximum absolute atomic E-state index is 13.5. The predicted octanol–water partition coefficient (Wildman–Crippen LogP) is 1.45. The van der Waals surface area contributed by atoms with E-state index in [0.29, 0.717) is 0 Å². The Labute approximate surface area is 141 Å². The van der Waals surface area contributed by atoms with Gasteiger partial charge in [-0.05, 0) is 23.6 Å². The summed E-state index contributed by atoms with van der Waals surface area (Å²) in [5, 5.41) is 4.25. The number of urea groups is 1. The molecule has 1 atom stereocenters. The molecule has 0 saturated carbocycles. The smallest absolute Gasteiger partial charge is 0.312 e. The molecule has 2 aromatic rings. The van der Waals surface area contributed by atoms with Crippen LogP contribution in [0.2, 0.25) is 0 Å². The molecule has 24 heavy (non-hydrogen) atoms. The largest absolute Gasteiger partial charge is 0.352 e. The maximum Gasteiger partial charge on any atom is 0.312 e. The molecule has 0 aliphatic rings. The summed E-state index contributed by atoms with van der Waals surface area (Å²) in [6.45, 7) is 0. The van der Waals surface area contributed by atoms with Crippen LogP contribution in [0.5, 0.6) is 0 Å². The zero-order valence-corrected chi connectivity index (χ0v) is 13.2. The van der Waals surface area contributed by atoms with E-state index in [0.717, 1.165) is 10.9 Å². The molecule has 0 saturated heterocycles. The number of thiophene rings is 1. The van der Waals surface area contributed by atoms with Crippen molar-refractivity contribution in [1.29, 1.82) is 0 Å². The van der Waals surface area contributed by atoms with Crippen LogP contribution in [0, 0.1) is 5.82 Å². The zero-order chi connectivity index (χ0) is 17.5. The Kier molecular flexibility index (Phi) is 5.85. The lowest BCUT2D eigenvalue weighted by molar-refractivity contribution is -0.122. The molecule has 1 unspecified atom stereocenters. The third kappa shape index (κ3) is 4.78. The molecule has 0 spiro atoms. The number of primary amides is 1. The van der Waals surface area contributed by atoms with Gasteiger partial charge in [-0.2, -0.15) is 0 Å². The van der Waals surface area contributed by atoms with E-state index in [2.05, 4.69) is 16.2 Å². The molecule has 7 nitrogen and oxygen atoms in total. The Bertz CT molecular complexity index is 736. The van der Waals surface area contributed by atoms with E-state index < -0.39 is 29.7 Å². The number of carbonyl (C=O) groups is 3. The van der Waals surface area contributed by atoms with Crippen LogP contribution in [-0.2, 0) is 4.79 Å². The number of hydrogen-bond acceptors (Lipinski definition) is 4. The fraction of sp³-hybridized carbons (Fsp3) is 0.133. The molecule has 5 N–H and O–H groups in total. The summed E-state index contributed by atoms with van der Waals surface area (Å²) in [4.78, 5) is 35.5. The molecule has 4 amide bonds. The van der Waals surface area contributed by atoms with Crippen molar-refractivity contribution in [1.82, 2.24) is 16.2 Å². The molecule has 1 aromatic carbocycles. The number of hydrogen-bond donors (Lipinski definition) is 4. The Morgan fingerprint density at radius 2 is 1.88 bits per heavy atom. The Morgan fingerprint density at radius 3 is 2.50 bits per heavy atom. The fourth-order valence-electron chi connectivity index (χ4n) is 1.96. The standard InChI is InChI=1S/C15H15FN4O3S/c16-10-5-2-1-4-9(10)14(22)20-19-13(21)8-11(18-15(17)23)12-6-3-7-24-12/h1-7,11H,8H2,(H,19,21)(H,20,22)(H3,17,18,23). The molecule has 0 radical (unpaired) electrons. The van der Waals surface area contributed by atoms with Gasteiger partial charge in [0.15, 0.2) is 0 Å². The third-order valence-corrected chi connectivity index (χ3v) is 4.01. The van der Waals surface area contributed by atoms with E-state index in [1.54, 1.807) is 17.5 Å². The predicted molar refractivity (Wildman–Crippen MR) is 86.4 cm³/mol. The van der Waals surface area contributed by atoms with Crippen molar-refractivity contribution in [2.45, 2.75) is 12.5 Å². The monoisotopic (exact) mass is 350 g/mol. The van der Waals surface area contributed by atoms with Gasteiger partial charge < -0.3 is 11.1 Å². The lowest BCUT2D eigenvalue weighted by atomic mass is 10.1. The number of carbonyl (C=O) groups excluding carboxylic acids is 3. The summed E-state index contributed by atoms with van der Waals surface area (Å²) in [6.07, 6.45) is -0.138. The molecule has 1 heterocycles. The summed E-state index contributed by atoms with van der Waals surface area (Å²) >= 11 is 1.35. The van der Waals surface area contributed by atoms with E-state index in [1.807, 2.05) is 0 Å². The number of nitrogens with two attached hydrogens (primary N) is 1. The van der Waals surface area contributed by atoms with Crippen molar-refractivity contribution in [3.05, 3.63) is 58.0 Å². The average molecular weight is 350 g/mol. The molecular formula is C15H15FN4O3S. The van der Waals surface area contributed by atoms with Gasteiger partial charge in [0.05, 0.1) is 18.0 Å². The molecule has 0 bridgehead atoms. The third-order valence-electron chi connectivity index (χ3n) is 3.03. The van der Waals surface area contributed by atoms with E-state index >= 15 is 0 Å². The SMILES string of the molecule is NC(=O)NC(CC(=O)NNC(=O)c1ccccc1F)c1cccs1. The first kappa shape index (κ1) is 17.4. The van der Waals surface area contributed by atoms with Gasteiger partial charge in [0, 0.05) is 4.88 Å². The topological polar surface area (TPSA) is 113 Å². The highest BCUT2D eigenvalue weighted by Gasteiger charge is 2.19. The van der Waals surface area contributed by atoms with E-state index in [1.165, 1.54) is 29.5 Å². The normalized spacial score (nSPS) is 11.4. The number of hydrazine groups is 1. The second kappa shape index (κ2) is 8.06. The van der Waals surface area contributed by atoms with Gasteiger partial charge in [-0.1, -0.05) is 18.2 Å². The molecular weight excluding hydrogens is 335 g/mol. The van der Waals surface area contributed by atoms with Gasteiger partial charge >= 0.3 is 6.03 Å². The fourth-order valence-corrected chi connectivity index (χ4v) is 2.74. The van der Waals surface area contributed by atoms with Crippen molar-refractivity contribution < 1.29 is 18.8 Å². The van der Waals surface area contributed by atoms with Crippen molar-refractivity contribution in [3.8, 4) is 0 Å². The second-order valence-corrected chi connectivity index (χ2v) is 5.74. The van der Waals surface area contributed by atoms with Gasteiger partial charge in [0.2, 0.25) is 5.91 Å². The first-order valence-corrected chi connectivity index (χ1v) is 7.78. The van der Waals surface area contributed by atoms with Crippen LogP contribution < -0.4 is 21.9 Å². The zero-order valence-electron chi connectivity index (χ0n) is 12.4. The van der Waals surface area contributed by atoms with E-state index in [9.17, 15) is 18.8 Å². The van der Waals surface area contributed by atoms with Crippen molar-refractivity contribution in [2.75, 3.05) is 0 Å². The highest BCUT2D eigenvalue weighted by molar-refractivity contribution is 7.10. The average Bonchev–Trinajstić information content (AvgIpc) is 3.06. The van der Waals surface area contributed by atoms with Crippen LogP contribution in [0.15, 0.2) is 41.8 Å². The minimum Gasteiger partial charge on any atom is -0.352 e. The molecule has 1 aromatic heterocycles. The molecule has 0 aliphatic heterocycles. The van der Waals surface area contributed by atoms with Crippen LogP contribution in [0.1, 0.15) is 27.7 Å². The van der Waals surface area contributed by atoms with Crippen LogP contribution in [0.4, 0.5) is 9.18 Å². The number of amides is 4. The Hall–Kier alpha value is -2.94. The van der Waals surface area contributed by atoms with Gasteiger partial charge in [-0.3, -0.25) is 20.4 Å². The summed E-state index contributed by atoms with van der Waals surface area (Å²) in [7, 11) is 0. The highest BCUT2D eigenvalue weighted by Crippen LogP contribution is 2.21. The second-order valence-electron chi connectivity index (χ2n) is 4.76. The lowest BCUT2D eigenvalue weighted by Gasteiger charge is -2.16. The molecule has 9 heteroatoms. The van der Waals surface area contributed by atoms with Gasteiger partial charge in [0.1, 0.15) is 5.82 Å². The quantitative estimate of drug-likeness (QED) is 0.612. The first-order chi connectivity index (χ1) is 11.5. The van der Waals surface area contributed by atoms with Crippen LogP contribution >= 0.6 is 11.3 Å². The van der Waals surface area contributed by atoms with Gasteiger partial charge in [-0.25, -0.2) is 9.18 Å². The maximum atomic E-state index is 13.5. The minimum atomic E-state index is -0.781. The van der Waals surface area contributed by atoms with E-state index in [4.69, 9.17) is 5.73 Å². The lowest BCUT2D eigenvalue weighted by Crippen LogP contribution is -2.44. The van der Waals surface area contributed by atoms with Crippen molar-refractivity contribution in [3.63, 3.8) is 0 Å². The van der Waals surface area contributed by atoms with Crippen LogP contribution in [0.25, 0.3) is 0 Å². The number of benzene rings is 1. The highest BCUT2D eigenvalue weighted by atomic mass is 32.1. The molecule has 0 fully saturated rings. The first-order valence-electron chi connectivity index (χ1n) is 6.90.